The van der Waals surface area contributed by atoms with Crippen molar-refractivity contribution in [2.75, 3.05) is 6.54 Å². The Bertz CT molecular complexity index is 106. The molecule has 0 aliphatic heterocycles. The average molecular weight is 255 g/mol. The molecule has 0 aliphatic carbocycles. The lowest BCUT2D eigenvalue weighted by molar-refractivity contribution is -0.112. The van der Waals surface area contributed by atoms with E-state index in [4.69, 9.17) is 5.73 Å². The van der Waals surface area contributed by atoms with Crippen LogP contribution in [-0.4, -0.2) is 10.3 Å². The standard InChI is InChI=1S/C7H14INO/c1-6(7(8)10)4-2-3-5-9/h6H,2-5,9H2,1H3/t6-/m0/s1. The summed E-state index contributed by atoms with van der Waals surface area (Å²) in [5.74, 6) is 0.215. The number of carbonyl (C=O) groups is 1. The zero-order valence-electron chi connectivity index (χ0n) is 6.27. The predicted octanol–water partition coefficient (Wildman–Crippen LogP) is 1.71. The zero-order chi connectivity index (χ0) is 7.98. The van der Waals surface area contributed by atoms with Crippen LogP contribution in [0.15, 0.2) is 0 Å². The van der Waals surface area contributed by atoms with E-state index < -0.39 is 0 Å². The first kappa shape index (κ1) is 10.4. The summed E-state index contributed by atoms with van der Waals surface area (Å²) in [6.45, 7) is 2.70. The molecule has 0 amide bonds. The molecule has 0 heterocycles. The SMILES string of the molecule is C[C@@H](CCCCN)C(=O)I. The molecular weight excluding hydrogens is 241 g/mol. The third-order valence-electron chi connectivity index (χ3n) is 1.48. The minimum atomic E-state index is 0.215. The Morgan fingerprint density at radius 1 is 1.60 bits per heavy atom. The van der Waals surface area contributed by atoms with E-state index in [0.717, 1.165) is 25.8 Å². The summed E-state index contributed by atoms with van der Waals surface area (Å²) in [5.41, 5.74) is 5.30. The van der Waals surface area contributed by atoms with Gasteiger partial charge in [0.2, 0.25) is 0 Å². The lowest BCUT2D eigenvalue weighted by Gasteiger charge is -2.03. The van der Waals surface area contributed by atoms with E-state index in [1.54, 1.807) is 0 Å². The van der Waals surface area contributed by atoms with Gasteiger partial charge in [-0.15, -0.1) is 0 Å². The number of nitrogens with two attached hydrogens (primary N) is 1. The van der Waals surface area contributed by atoms with E-state index in [1.807, 2.05) is 29.5 Å². The molecule has 60 valence electrons. The highest BCUT2D eigenvalue weighted by Crippen LogP contribution is 2.11. The third-order valence-corrected chi connectivity index (χ3v) is 2.54. The molecule has 0 radical (unpaired) electrons. The van der Waals surface area contributed by atoms with E-state index in [0.29, 0.717) is 0 Å². The predicted molar refractivity (Wildman–Crippen MR) is 51.1 cm³/mol. The van der Waals surface area contributed by atoms with Gasteiger partial charge in [0.1, 0.15) is 0 Å². The smallest absolute Gasteiger partial charge is 0.195 e. The molecule has 0 aromatic heterocycles. The van der Waals surface area contributed by atoms with Gasteiger partial charge in [-0.05, 0) is 42.0 Å². The first-order valence-electron chi connectivity index (χ1n) is 3.58. The molecule has 0 spiro atoms. The largest absolute Gasteiger partial charge is 0.330 e. The van der Waals surface area contributed by atoms with E-state index in [2.05, 4.69) is 0 Å². The highest BCUT2D eigenvalue weighted by atomic mass is 127. The Labute approximate surface area is 75.7 Å². The summed E-state index contributed by atoms with van der Waals surface area (Å²) in [6, 6.07) is 0. The Morgan fingerprint density at radius 2 is 2.20 bits per heavy atom. The number of carbonyl (C=O) groups excluding carboxylic acids is 1. The molecule has 0 fully saturated rings. The topological polar surface area (TPSA) is 43.1 Å². The lowest BCUT2D eigenvalue weighted by atomic mass is 10.1. The third kappa shape index (κ3) is 5.17. The van der Waals surface area contributed by atoms with Crippen LogP contribution in [0.25, 0.3) is 0 Å². The van der Waals surface area contributed by atoms with Crippen LogP contribution in [0.3, 0.4) is 0 Å². The van der Waals surface area contributed by atoms with Gasteiger partial charge in [-0.3, -0.25) is 4.79 Å². The fourth-order valence-corrected chi connectivity index (χ4v) is 1.02. The molecule has 0 saturated carbocycles. The summed E-state index contributed by atoms with van der Waals surface area (Å²) in [4.78, 5) is 10.7. The van der Waals surface area contributed by atoms with E-state index in [1.165, 1.54) is 0 Å². The van der Waals surface area contributed by atoms with Gasteiger partial charge in [0.15, 0.2) is 3.79 Å². The van der Waals surface area contributed by atoms with Gasteiger partial charge in [-0.2, -0.15) is 0 Å². The van der Waals surface area contributed by atoms with E-state index in [-0.39, 0.29) is 9.71 Å². The first-order valence-corrected chi connectivity index (χ1v) is 4.65. The van der Waals surface area contributed by atoms with Crippen LogP contribution in [0.4, 0.5) is 0 Å². The molecule has 0 aliphatic rings. The van der Waals surface area contributed by atoms with Crippen molar-refractivity contribution in [2.45, 2.75) is 26.2 Å². The molecule has 0 saturated heterocycles. The minimum Gasteiger partial charge on any atom is -0.330 e. The van der Waals surface area contributed by atoms with Crippen molar-refractivity contribution in [3.63, 3.8) is 0 Å². The van der Waals surface area contributed by atoms with Crippen LogP contribution in [0.2, 0.25) is 0 Å². The van der Waals surface area contributed by atoms with Crippen LogP contribution < -0.4 is 5.73 Å². The van der Waals surface area contributed by atoms with Crippen molar-refractivity contribution in [3.05, 3.63) is 0 Å². The van der Waals surface area contributed by atoms with Crippen molar-refractivity contribution in [2.24, 2.45) is 11.7 Å². The van der Waals surface area contributed by atoms with Gasteiger partial charge in [0.05, 0.1) is 0 Å². The maximum absolute atomic E-state index is 10.7. The van der Waals surface area contributed by atoms with Gasteiger partial charge >= 0.3 is 0 Å². The van der Waals surface area contributed by atoms with Crippen molar-refractivity contribution in [3.8, 4) is 0 Å². The molecule has 1 atom stereocenters. The molecule has 0 aromatic rings. The molecule has 0 aromatic carbocycles. The van der Waals surface area contributed by atoms with Crippen LogP contribution >= 0.6 is 22.6 Å². The average Bonchev–Trinajstić information content (AvgIpc) is 1.88. The summed E-state index contributed by atoms with van der Waals surface area (Å²) in [6.07, 6.45) is 3.10. The van der Waals surface area contributed by atoms with Crippen LogP contribution in [-0.2, 0) is 4.79 Å². The molecule has 3 heteroatoms. The fraction of sp³-hybridized carbons (Fsp3) is 0.857. The van der Waals surface area contributed by atoms with E-state index >= 15 is 0 Å². The first-order chi connectivity index (χ1) is 4.68. The van der Waals surface area contributed by atoms with Crippen LogP contribution in [0.5, 0.6) is 0 Å². The zero-order valence-corrected chi connectivity index (χ0v) is 8.43. The number of halogens is 1. The molecule has 2 nitrogen and oxygen atoms in total. The Balaban J connectivity index is 3.21. The van der Waals surface area contributed by atoms with E-state index in [9.17, 15) is 4.79 Å². The number of rotatable bonds is 5. The maximum atomic E-state index is 10.7. The minimum absolute atomic E-state index is 0.215. The van der Waals surface area contributed by atoms with Crippen LogP contribution in [0.1, 0.15) is 26.2 Å². The number of hydrogen-bond acceptors (Lipinski definition) is 2. The second-order valence-corrected chi connectivity index (χ2v) is 3.55. The molecular formula is C7H14INO. The van der Waals surface area contributed by atoms with Gasteiger partial charge < -0.3 is 5.73 Å². The second-order valence-electron chi connectivity index (χ2n) is 2.49. The molecule has 0 bridgehead atoms. The monoisotopic (exact) mass is 255 g/mol. The van der Waals surface area contributed by atoms with Gasteiger partial charge in [0.25, 0.3) is 0 Å². The van der Waals surface area contributed by atoms with Crippen molar-refractivity contribution < 1.29 is 4.79 Å². The summed E-state index contributed by atoms with van der Waals surface area (Å²) >= 11 is 1.85. The van der Waals surface area contributed by atoms with Crippen molar-refractivity contribution in [1.82, 2.24) is 0 Å². The maximum Gasteiger partial charge on any atom is 0.195 e. The van der Waals surface area contributed by atoms with Gasteiger partial charge in [0, 0.05) is 5.92 Å². The Kier molecular flexibility index (Phi) is 6.31. The van der Waals surface area contributed by atoms with Crippen molar-refractivity contribution in [1.29, 1.82) is 0 Å². The second kappa shape index (κ2) is 6.09. The molecule has 10 heavy (non-hydrogen) atoms. The normalized spacial score (nSPS) is 13.1. The molecule has 0 unspecified atom stereocenters. The number of unbranched alkanes of at least 4 members (excludes halogenated alkanes) is 1. The van der Waals surface area contributed by atoms with Crippen LogP contribution in [0, 0.1) is 5.92 Å². The summed E-state index contributed by atoms with van der Waals surface area (Å²) in [7, 11) is 0. The highest BCUT2D eigenvalue weighted by molar-refractivity contribution is 14.1. The van der Waals surface area contributed by atoms with Crippen molar-refractivity contribution >= 4 is 26.4 Å². The summed E-state index contributed by atoms with van der Waals surface area (Å²) < 4.78 is 0.259. The fourth-order valence-electron chi connectivity index (χ4n) is 0.708. The highest BCUT2D eigenvalue weighted by Gasteiger charge is 2.07. The number of hydrogen-bond donors (Lipinski definition) is 1. The van der Waals surface area contributed by atoms with Gasteiger partial charge in [-0.1, -0.05) is 13.3 Å². The van der Waals surface area contributed by atoms with Gasteiger partial charge in [-0.25, -0.2) is 0 Å². The molecule has 0 rings (SSSR count). The Hall–Kier alpha value is 0.360. The quantitative estimate of drug-likeness (QED) is 0.461. The Morgan fingerprint density at radius 3 is 2.60 bits per heavy atom. The lowest BCUT2D eigenvalue weighted by Crippen LogP contribution is -2.04. The summed E-state index contributed by atoms with van der Waals surface area (Å²) in [5, 5.41) is 0. The molecule has 2 N–H and O–H groups in total.